The maximum absolute atomic E-state index is 11.5. The summed E-state index contributed by atoms with van der Waals surface area (Å²) in [6.07, 6.45) is -3.37. The molecule has 68 valence electrons. The van der Waals surface area contributed by atoms with Gasteiger partial charge in [0.25, 0.3) is 0 Å². The van der Waals surface area contributed by atoms with Crippen LogP contribution in [-0.4, -0.2) is 32.9 Å². The molecule has 0 heterocycles. The van der Waals surface area contributed by atoms with E-state index in [1.807, 2.05) is 0 Å². The highest BCUT2D eigenvalue weighted by molar-refractivity contribution is 4.55. The van der Waals surface area contributed by atoms with E-state index >= 15 is 0 Å². The monoisotopic (exact) mass is 170 g/mol. The molecule has 0 amide bonds. The van der Waals surface area contributed by atoms with Gasteiger partial charge in [0.2, 0.25) is 0 Å². The first-order valence-electron chi connectivity index (χ1n) is 3.48. The number of hydrogen-bond donors (Lipinski definition) is 2. The summed E-state index contributed by atoms with van der Waals surface area (Å²) < 4.78 is 34.5. The molecule has 0 atom stereocenters. The van der Waals surface area contributed by atoms with E-state index in [1.165, 1.54) is 0 Å². The maximum Gasteiger partial charge on any atom is 0.401 e. The predicted molar refractivity (Wildman–Crippen MR) is 37.5 cm³/mol. The Kier molecular flexibility index (Phi) is 5.23. The van der Waals surface area contributed by atoms with Gasteiger partial charge >= 0.3 is 6.18 Å². The van der Waals surface area contributed by atoms with Crippen LogP contribution in [0.1, 0.15) is 6.42 Å². The molecule has 2 nitrogen and oxygen atoms in total. The lowest BCUT2D eigenvalue weighted by molar-refractivity contribution is -0.124. The molecule has 0 spiro atoms. The molecule has 2 N–H and O–H groups in total. The van der Waals surface area contributed by atoms with Gasteiger partial charge in [-0.15, -0.1) is 0 Å². The minimum absolute atomic E-state index is 0.403. The van der Waals surface area contributed by atoms with E-state index in [-0.39, 0.29) is 0 Å². The smallest absolute Gasteiger partial charge is 0.320 e. The first kappa shape index (κ1) is 10.7. The van der Waals surface area contributed by atoms with Crippen molar-refractivity contribution in [2.75, 3.05) is 26.7 Å². The fourth-order valence-corrected chi connectivity index (χ4v) is 0.620. The molecule has 0 unspecified atom stereocenters. The highest BCUT2D eigenvalue weighted by Gasteiger charge is 2.25. The second kappa shape index (κ2) is 5.37. The van der Waals surface area contributed by atoms with Crippen molar-refractivity contribution in [3.8, 4) is 0 Å². The molecule has 0 aliphatic heterocycles. The van der Waals surface area contributed by atoms with Crippen molar-refractivity contribution in [2.24, 2.45) is 0 Å². The van der Waals surface area contributed by atoms with Crippen LogP contribution >= 0.6 is 0 Å². The van der Waals surface area contributed by atoms with Crippen molar-refractivity contribution in [1.29, 1.82) is 0 Å². The van der Waals surface area contributed by atoms with E-state index in [0.29, 0.717) is 13.0 Å². The van der Waals surface area contributed by atoms with Crippen molar-refractivity contribution >= 4 is 0 Å². The zero-order valence-electron chi connectivity index (χ0n) is 6.46. The van der Waals surface area contributed by atoms with Crippen LogP contribution < -0.4 is 10.6 Å². The van der Waals surface area contributed by atoms with Crippen LogP contribution in [0.3, 0.4) is 0 Å². The Morgan fingerprint density at radius 2 is 1.82 bits per heavy atom. The number of halogens is 3. The Bertz CT molecular complexity index is 92.3. The standard InChI is InChI=1S/C6H13F3N2/c1-10-3-2-4-11-5-6(7,8)9/h10-11H,2-5H2,1H3. The van der Waals surface area contributed by atoms with Gasteiger partial charge in [-0.2, -0.15) is 13.2 Å². The Morgan fingerprint density at radius 1 is 1.18 bits per heavy atom. The molecule has 0 fully saturated rings. The highest BCUT2D eigenvalue weighted by atomic mass is 19.4. The topological polar surface area (TPSA) is 24.1 Å². The molecule has 0 aliphatic carbocycles. The van der Waals surface area contributed by atoms with Gasteiger partial charge in [-0.05, 0) is 26.6 Å². The predicted octanol–water partition coefficient (Wildman–Crippen LogP) is 0.748. The molecule has 0 radical (unpaired) electrons. The molecule has 0 aromatic carbocycles. The molecule has 0 aliphatic rings. The minimum atomic E-state index is -4.08. The summed E-state index contributed by atoms with van der Waals surface area (Å²) in [6, 6.07) is 0. The van der Waals surface area contributed by atoms with Gasteiger partial charge in [0.05, 0.1) is 6.54 Å². The summed E-state index contributed by atoms with van der Waals surface area (Å²) >= 11 is 0. The molecular weight excluding hydrogens is 157 g/mol. The van der Waals surface area contributed by atoms with Crippen molar-refractivity contribution < 1.29 is 13.2 Å². The summed E-state index contributed by atoms with van der Waals surface area (Å²) in [5, 5.41) is 5.14. The normalized spacial score (nSPS) is 12.0. The number of nitrogens with one attached hydrogen (secondary N) is 2. The van der Waals surface area contributed by atoms with Crippen LogP contribution in [-0.2, 0) is 0 Å². The maximum atomic E-state index is 11.5. The van der Waals surface area contributed by atoms with E-state index in [2.05, 4.69) is 10.6 Å². The summed E-state index contributed by atoms with van der Waals surface area (Å²) in [5.41, 5.74) is 0. The van der Waals surface area contributed by atoms with E-state index in [1.54, 1.807) is 7.05 Å². The molecule has 0 bridgehead atoms. The summed E-state index contributed by atoms with van der Waals surface area (Å²) in [4.78, 5) is 0. The van der Waals surface area contributed by atoms with Crippen LogP contribution in [0.25, 0.3) is 0 Å². The quantitative estimate of drug-likeness (QED) is 0.595. The Balaban J connectivity index is 3.02. The first-order valence-corrected chi connectivity index (χ1v) is 3.48. The van der Waals surface area contributed by atoms with Gasteiger partial charge in [-0.1, -0.05) is 0 Å². The molecule has 0 rings (SSSR count). The molecule has 0 aromatic heterocycles. The van der Waals surface area contributed by atoms with E-state index in [0.717, 1.165) is 6.54 Å². The van der Waals surface area contributed by atoms with Gasteiger partial charge in [0.15, 0.2) is 0 Å². The van der Waals surface area contributed by atoms with Crippen molar-refractivity contribution in [3.63, 3.8) is 0 Å². The van der Waals surface area contributed by atoms with Crippen molar-refractivity contribution in [3.05, 3.63) is 0 Å². The van der Waals surface area contributed by atoms with Gasteiger partial charge in [0.1, 0.15) is 0 Å². The number of rotatable bonds is 5. The SMILES string of the molecule is CNCCCNCC(F)(F)F. The zero-order valence-corrected chi connectivity index (χ0v) is 6.46. The molecule has 0 saturated carbocycles. The van der Waals surface area contributed by atoms with Crippen LogP contribution in [0.15, 0.2) is 0 Å². The van der Waals surface area contributed by atoms with Gasteiger partial charge in [-0.25, -0.2) is 0 Å². The third-order valence-corrected chi connectivity index (χ3v) is 1.11. The van der Waals surface area contributed by atoms with Gasteiger partial charge < -0.3 is 10.6 Å². The van der Waals surface area contributed by atoms with Crippen LogP contribution in [0.4, 0.5) is 13.2 Å². The third-order valence-electron chi connectivity index (χ3n) is 1.11. The fraction of sp³-hybridized carbons (Fsp3) is 1.00. The fourth-order valence-electron chi connectivity index (χ4n) is 0.620. The molecule has 0 saturated heterocycles. The Hall–Kier alpha value is -0.290. The second-order valence-corrected chi connectivity index (χ2v) is 2.25. The van der Waals surface area contributed by atoms with E-state index in [9.17, 15) is 13.2 Å². The Labute approximate surface area is 64.2 Å². The van der Waals surface area contributed by atoms with Crippen LogP contribution in [0, 0.1) is 0 Å². The molecule has 0 aromatic rings. The first-order chi connectivity index (χ1) is 5.06. The minimum Gasteiger partial charge on any atom is -0.320 e. The van der Waals surface area contributed by atoms with Gasteiger partial charge in [0, 0.05) is 0 Å². The largest absolute Gasteiger partial charge is 0.401 e. The molecule has 5 heteroatoms. The lowest BCUT2D eigenvalue weighted by atomic mass is 10.4. The summed E-state index contributed by atoms with van der Waals surface area (Å²) in [7, 11) is 1.77. The molecule has 11 heavy (non-hydrogen) atoms. The number of hydrogen-bond acceptors (Lipinski definition) is 2. The lowest BCUT2D eigenvalue weighted by Gasteiger charge is -2.07. The van der Waals surface area contributed by atoms with Crippen molar-refractivity contribution in [2.45, 2.75) is 12.6 Å². The zero-order chi connectivity index (χ0) is 8.74. The van der Waals surface area contributed by atoms with Crippen LogP contribution in [0.2, 0.25) is 0 Å². The summed E-state index contributed by atoms with van der Waals surface area (Å²) in [5.74, 6) is 0. The number of alkyl halides is 3. The lowest BCUT2D eigenvalue weighted by Crippen LogP contribution is -2.30. The highest BCUT2D eigenvalue weighted by Crippen LogP contribution is 2.11. The average molecular weight is 170 g/mol. The molecular formula is C6H13F3N2. The second-order valence-electron chi connectivity index (χ2n) is 2.25. The van der Waals surface area contributed by atoms with E-state index < -0.39 is 12.7 Å². The van der Waals surface area contributed by atoms with Crippen molar-refractivity contribution in [1.82, 2.24) is 10.6 Å². The summed E-state index contributed by atoms with van der Waals surface area (Å²) in [6.45, 7) is 0.252. The van der Waals surface area contributed by atoms with Crippen LogP contribution in [0.5, 0.6) is 0 Å². The third kappa shape index (κ3) is 9.71. The Morgan fingerprint density at radius 3 is 2.27 bits per heavy atom. The van der Waals surface area contributed by atoms with E-state index in [4.69, 9.17) is 0 Å². The average Bonchev–Trinajstić information content (AvgIpc) is 1.85. The van der Waals surface area contributed by atoms with Gasteiger partial charge in [-0.3, -0.25) is 0 Å².